The van der Waals surface area contributed by atoms with E-state index in [1.165, 1.54) is 17.3 Å². The fourth-order valence-electron chi connectivity index (χ4n) is 4.84. The molecule has 2 fully saturated rings. The van der Waals surface area contributed by atoms with Crippen molar-refractivity contribution >= 4 is 41.2 Å². The summed E-state index contributed by atoms with van der Waals surface area (Å²) < 4.78 is 18.3. The van der Waals surface area contributed by atoms with Gasteiger partial charge >= 0.3 is 18.3 Å². The van der Waals surface area contributed by atoms with Gasteiger partial charge in [0.05, 0.1) is 31.1 Å². The highest BCUT2D eigenvalue weighted by atomic mass is 16.6. The molecule has 3 aromatic heterocycles. The number of likely N-dealkylation sites (tertiary alicyclic amines) is 1. The van der Waals surface area contributed by atoms with E-state index in [1.807, 2.05) is 4.57 Å². The Bertz CT molecular complexity index is 1510. The van der Waals surface area contributed by atoms with Crippen molar-refractivity contribution in [1.29, 1.82) is 0 Å². The fraction of sp³-hybridized carbons (Fsp3) is 0.571. The van der Waals surface area contributed by atoms with Crippen molar-refractivity contribution in [2.24, 2.45) is 0 Å². The Hall–Kier alpha value is -4.60. The Balaban J connectivity index is 1.53. The molecule has 3 aromatic rings. The molecule has 2 aliphatic heterocycles. The molecule has 3 amide bonds. The minimum atomic E-state index is -0.984. The predicted molar refractivity (Wildman–Crippen MR) is 158 cm³/mol. The zero-order chi connectivity index (χ0) is 31.8. The highest BCUT2D eigenvalue weighted by Crippen LogP contribution is 2.31. The van der Waals surface area contributed by atoms with Crippen molar-refractivity contribution in [2.45, 2.75) is 65.2 Å². The molecular formula is C28H37N9O7. The normalized spacial score (nSPS) is 17.5. The van der Waals surface area contributed by atoms with Gasteiger partial charge in [0.2, 0.25) is 5.95 Å². The van der Waals surface area contributed by atoms with Gasteiger partial charge in [-0.2, -0.15) is 0 Å². The number of nitrogens with zero attached hydrogens (tertiary/aromatic N) is 9. The minimum absolute atomic E-state index is 0.147. The van der Waals surface area contributed by atoms with Crippen LogP contribution < -0.4 is 9.80 Å². The molecule has 0 aliphatic carbocycles. The fourth-order valence-corrected chi connectivity index (χ4v) is 4.84. The molecule has 236 valence electrons. The number of rotatable bonds is 4. The Kier molecular flexibility index (Phi) is 8.29. The van der Waals surface area contributed by atoms with Crippen LogP contribution >= 0.6 is 0 Å². The lowest BCUT2D eigenvalue weighted by molar-refractivity contribution is 0.0427. The molecule has 0 radical (unpaired) electrons. The van der Waals surface area contributed by atoms with Gasteiger partial charge in [-0.05, 0) is 48.0 Å². The third kappa shape index (κ3) is 6.79. The molecule has 16 heteroatoms. The summed E-state index contributed by atoms with van der Waals surface area (Å²) in [6.07, 6.45) is 2.18. The number of carboxylic acid groups (broad SMARTS) is 1. The first kappa shape index (κ1) is 30.8. The highest BCUT2D eigenvalue weighted by molar-refractivity contribution is 6.08. The topological polar surface area (TPSA) is 178 Å². The monoisotopic (exact) mass is 611 g/mol. The number of carbonyl (C=O) groups is 3. The summed E-state index contributed by atoms with van der Waals surface area (Å²) in [5.41, 5.74) is -0.227. The van der Waals surface area contributed by atoms with Crippen LogP contribution in [0, 0.1) is 0 Å². The maximum atomic E-state index is 13.0. The summed E-state index contributed by atoms with van der Waals surface area (Å²) in [7, 11) is 0. The Morgan fingerprint density at radius 2 is 1.55 bits per heavy atom. The van der Waals surface area contributed by atoms with Gasteiger partial charge < -0.3 is 33.7 Å². The summed E-state index contributed by atoms with van der Waals surface area (Å²) in [6.45, 7) is 13.1. The van der Waals surface area contributed by atoms with Crippen LogP contribution in [0.15, 0.2) is 18.7 Å². The summed E-state index contributed by atoms with van der Waals surface area (Å²) in [5.74, 6) is 0.659. The summed E-state index contributed by atoms with van der Waals surface area (Å²) >= 11 is 0. The van der Waals surface area contributed by atoms with Gasteiger partial charge in [-0.15, -0.1) is 4.90 Å². The smallest absolute Gasteiger partial charge is 0.427 e. The van der Waals surface area contributed by atoms with Crippen LogP contribution in [0.3, 0.4) is 0 Å². The predicted octanol–water partition coefficient (Wildman–Crippen LogP) is 3.72. The number of imidazole rings is 1. The maximum Gasteiger partial charge on any atom is 0.427 e. The van der Waals surface area contributed by atoms with Gasteiger partial charge in [0.25, 0.3) is 0 Å². The maximum absolute atomic E-state index is 13.0. The lowest BCUT2D eigenvalue weighted by Crippen LogP contribution is -2.44. The van der Waals surface area contributed by atoms with Crippen LogP contribution in [-0.4, -0.2) is 108 Å². The van der Waals surface area contributed by atoms with Gasteiger partial charge in [0, 0.05) is 38.6 Å². The van der Waals surface area contributed by atoms with E-state index in [-0.39, 0.29) is 12.0 Å². The molecule has 16 nitrogen and oxygen atoms in total. The van der Waals surface area contributed by atoms with Gasteiger partial charge in [0.15, 0.2) is 22.8 Å². The number of imide groups is 1. The molecule has 5 heterocycles. The van der Waals surface area contributed by atoms with Crippen LogP contribution in [0.25, 0.3) is 22.6 Å². The molecule has 1 atom stereocenters. The molecule has 44 heavy (non-hydrogen) atoms. The molecule has 0 spiro atoms. The zero-order valence-corrected chi connectivity index (χ0v) is 25.7. The average Bonchev–Trinajstić information content (AvgIpc) is 3.59. The molecule has 0 aromatic carbocycles. The first-order valence-corrected chi connectivity index (χ1v) is 14.3. The molecule has 1 N–H and O–H groups in total. The standard InChI is InChI=1S/C28H37N9O7/c1-27(2,3)43-25(40)37(26(41)44-28(4,5)6)23-29-13-17(14-30-23)20-32-21(34-9-11-42-12-10-34)19-22(33-20)36(16-31-19)18-7-8-35(15-18)24(38)39/h13-14,16,18H,7-12,15H2,1-6H3,(H,38,39)/t18-/m0/s1. The van der Waals surface area contributed by atoms with Crippen molar-refractivity contribution < 1.29 is 33.7 Å². The number of aromatic nitrogens is 6. The number of hydrogen-bond donors (Lipinski definition) is 1. The Morgan fingerprint density at radius 1 is 0.932 bits per heavy atom. The lowest BCUT2D eigenvalue weighted by atomic mass is 10.2. The lowest BCUT2D eigenvalue weighted by Gasteiger charge is -2.28. The van der Waals surface area contributed by atoms with Gasteiger partial charge in [-0.25, -0.2) is 39.3 Å². The van der Waals surface area contributed by atoms with Gasteiger partial charge in [-0.1, -0.05) is 0 Å². The summed E-state index contributed by atoms with van der Waals surface area (Å²) in [5, 5.41) is 9.47. The second kappa shape index (κ2) is 11.8. The van der Waals surface area contributed by atoms with E-state index < -0.39 is 29.5 Å². The summed E-state index contributed by atoms with van der Waals surface area (Å²) in [4.78, 5) is 64.6. The first-order chi connectivity index (χ1) is 20.7. The van der Waals surface area contributed by atoms with E-state index in [2.05, 4.69) is 19.9 Å². The number of morpholine rings is 1. The SMILES string of the molecule is CC(C)(C)OC(=O)N(C(=O)OC(C)(C)C)c1ncc(-c2nc(N3CCOCC3)c3ncn([C@H]4CCN(C(=O)O)C4)c3n2)cn1. The number of hydrogen-bond acceptors (Lipinski definition) is 12. The van der Waals surface area contributed by atoms with Crippen molar-refractivity contribution in [2.75, 3.05) is 49.2 Å². The van der Waals surface area contributed by atoms with E-state index >= 15 is 0 Å². The van der Waals surface area contributed by atoms with Gasteiger partial charge in [-0.3, -0.25) is 0 Å². The summed E-state index contributed by atoms with van der Waals surface area (Å²) in [6, 6.07) is -0.147. The van der Waals surface area contributed by atoms with E-state index in [0.717, 1.165) is 0 Å². The van der Waals surface area contributed by atoms with Crippen LogP contribution in [-0.2, 0) is 14.2 Å². The molecule has 0 unspecified atom stereocenters. The van der Waals surface area contributed by atoms with Crippen molar-refractivity contribution in [1.82, 2.24) is 34.4 Å². The number of fused-ring (bicyclic) bond motifs is 1. The van der Waals surface area contributed by atoms with Crippen LogP contribution in [0.5, 0.6) is 0 Å². The first-order valence-electron chi connectivity index (χ1n) is 14.3. The number of ether oxygens (including phenoxy) is 3. The van der Waals surface area contributed by atoms with E-state index in [1.54, 1.807) is 47.9 Å². The molecular weight excluding hydrogens is 574 g/mol. The van der Waals surface area contributed by atoms with Crippen LogP contribution in [0.2, 0.25) is 0 Å². The van der Waals surface area contributed by atoms with Crippen molar-refractivity contribution in [3.05, 3.63) is 18.7 Å². The second-order valence-electron chi connectivity index (χ2n) is 12.5. The van der Waals surface area contributed by atoms with Crippen LogP contribution in [0.1, 0.15) is 54.0 Å². The van der Waals surface area contributed by atoms with E-state index in [4.69, 9.17) is 24.2 Å². The Morgan fingerprint density at radius 3 is 2.09 bits per heavy atom. The third-order valence-corrected chi connectivity index (χ3v) is 6.79. The van der Waals surface area contributed by atoms with Gasteiger partial charge in [0.1, 0.15) is 11.2 Å². The molecule has 0 saturated carbocycles. The number of amides is 3. The molecule has 5 rings (SSSR count). The van der Waals surface area contributed by atoms with E-state index in [0.29, 0.717) is 79.1 Å². The van der Waals surface area contributed by atoms with Crippen molar-refractivity contribution in [3.63, 3.8) is 0 Å². The Labute approximate surface area is 254 Å². The minimum Gasteiger partial charge on any atom is -0.465 e. The molecule has 0 bridgehead atoms. The number of carbonyl (C=O) groups excluding carboxylic acids is 2. The third-order valence-electron chi connectivity index (χ3n) is 6.79. The quantitative estimate of drug-likeness (QED) is 0.452. The number of anilines is 2. The molecule has 2 aliphatic rings. The average molecular weight is 612 g/mol. The zero-order valence-electron chi connectivity index (χ0n) is 25.7. The largest absolute Gasteiger partial charge is 0.465 e. The van der Waals surface area contributed by atoms with E-state index in [9.17, 15) is 19.5 Å². The van der Waals surface area contributed by atoms with Crippen molar-refractivity contribution in [3.8, 4) is 11.4 Å². The highest BCUT2D eigenvalue weighted by Gasteiger charge is 2.35. The second-order valence-corrected chi connectivity index (χ2v) is 12.5. The van der Waals surface area contributed by atoms with Crippen LogP contribution in [0.4, 0.5) is 26.1 Å². The molecule has 2 saturated heterocycles.